The number of rotatable bonds is 10. The molecule has 0 saturated carbocycles. The summed E-state index contributed by atoms with van der Waals surface area (Å²) >= 11 is 0. The molecule has 0 bridgehead atoms. The van der Waals surface area contributed by atoms with Gasteiger partial charge < -0.3 is 19.2 Å². The first kappa shape index (κ1) is 21.4. The van der Waals surface area contributed by atoms with Gasteiger partial charge in [0.15, 0.2) is 11.5 Å². The molecule has 158 valence electrons. The molecule has 0 unspecified atom stereocenters. The minimum absolute atomic E-state index is 0.0815. The van der Waals surface area contributed by atoms with Crippen LogP contribution in [0.5, 0.6) is 11.5 Å². The van der Waals surface area contributed by atoms with Crippen LogP contribution in [0.3, 0.4) is 0 Å². The third-order valence-corrected chi connectivity index (χ3v) is 4.59. The minimum Gasteiger partial charge on any atom is -0.490 e. The fraction of sp³-hybridized carbons (Fsp3) is 0.333. The van der Waals surface area contributed by atoms with Crippen molar-refractivity contribution in [3.8, 4) is 23.0 Å². The van der Waals surface area contributed by atoms with Crippen molar-refractivity contribution < 1.29 is 18.7 Å². The fourth-order valence-electron chi connectivity index (χ4n) is 3.11. The van der Waals surface area contributed by atoms with Gasteiger partial charge in [-0.1, -0.05) is 24.3 Å². The Bertz CT molecular complexity index is 967. The lowest BCUT2D eigenvalue weighted by Gasteiger charge is -2.12. The van der Waals surface area contributed by atoms with Gasteiger partial charge in [-0.3, -0.25) is 4.79 Å². The van der Waals surface area contributed by atoms with Crippen molar-refractivity contribution in [2.45, 2.75) is 33.6 Å². The Kier molecular flexibility index (Phi) is 7.49. The van der Waals surface area contributed by atoms with Gasteiger partial charge in [0.1, 0.15) is 5.76 Å². The predicted octanol–water partition coefficient (Wildman–Crippen LogP) is 4.35. The first-order chi connectivity index (χ1) is 14.6. The van der Waals surface area contributed by atoms with E-state index in [0.717, 1.165) is 22.6 Å². The van der Waals surface area contributed by atoms with Gasteiger partial charge >= 0.3 is 0 Å². The second-order valence-electron chi connectivity index (χ2n) is 6.81. The molecule has 0 radical (unpaired) electrons. The monoisotopic (exact) mass is 408 g/mol. The Balaban J connectivity index is 1.54. The van der Waals surface area contributed by atoms with Crippen molar-refractivity contribution >= 4 is 5.91 Å². The maximum absolute atomic E-state index is 12.4. The second-order valence-corrected chi connectivity index (χ2v) is 6.81. The molecule has 0 aliphatic heterocycles. The highest BCUT2D eigenvalue weighted by Gasteiger charge is 2.14. The smallest absolute Gasteiger partial charge is 0.226 e. The second kappa shape index (κ2) is 10.5. The average molecular weight is 408 g/mol. The number of nitrogens with one attached hydrogen (secondary N) is 1. The zero-order chi connectivity index (χ0) is 21.3. The zero-order valence-electron chi connectivity index (χ0n) is 17.7. The molecule has 30 heavy (non-hydrogen) atoms. The van der Waals surface area contributed by atoms with E-state index in [0.29, 0.717) is 43.5 Å². The van der Waals surface area contributed by atoms with Crippen LogP contribution in [0.4, 0.5) is 0 Å². The van der Waals surface area contributed by atoms with Crippen LogP contribution in [0.1, 0.15) is 30.9 Å². The predicted molar refractivity (Wildman–Crippen MR) is 116 cm³/mol. The largest absolute Gasteiger partial charge is 0.490 e. The lowest BCUT2D eigenvalue weighted by atomic mass is 10.1. The molecule has 0 aliphatic carbocycles. The standard InChI is InChI=1S/C24H28N2O4/c1-4-28-21-12-11-18(15-22(21)29-5-2)13-14-25-23(27)16-20-17(3)30-24(26-20)19-9-7-6-8-10-19/h6-12,15H,4-5,13-14,16H2,1-3H3,(H,25,27). The minimum atomic E-state index is -0.0815. The Hall–Kier alpha value is -3.28. The fourth-order valence-corrected chi connectivity index (χ4v) is 3.11. The summed E-state index contributed by atoms with van der Waals surface area (Å²) in [7, 11) is 0. The summed E-state index contributed by atoms with van der Waals surface area (Å²) in [6.07, 6.45) is 0.890. The number of amides is 1. The third kappa shape index (κ3) is 5.63. The lowest BCUT2D eigenvalue weighted by Crippen LogP contribution is -2.27. The number of benzene rings is 2. The van der Waals surface area contributed by atoms with E-state index in [-0.39, 0.29) is 12.3 Å². The van der Waals surface area contributed by atoms with Crippen molar-refractivity contribution in [3.63, 3.8) is 0 Å². The van der Waals surface area contributed by atoms with Crippen molar-refractivity contribution in [2.24, 2.45) is 0 Å². The molecule has 1 N–H and O–H groups in total. The molecular weight excluding hydrogens is 380 g/mol. The number of aromatic nitrogens is 1. The van der Waals surface area contributed by atoms with E-state index < -0.39 is 0 Å². The summed E-state index contributed by atoms with van der Waals surface area (Å²) in [4.78, 5) is 16.9. The number of aryl methyl sites for hydroxylation is 1. The van der Waals surface area contributed by atoms with E-state index in [2.05, 4.69) is 10.3 Å². The quantitative estimate of drug-likeness (QED) is 0.540. The molecule has 1 aromatic heterocycles. The molecule has 0 fully saturated rings. The van der Waals surface area contributed by atoms with Gasteiger partial charge in [-0.2, -0.15) is 0 Å². The zero-order valence-corrected chi connectivity index (χ0v) is 17.7. The molecule has 6 nitrogen and oxygen atoms in total. The van der Waals surface area contributed by atoms with E-state index in [4.69, 9.17) is 13.9 Å². The van der Waals surface area contributed by atoms with Crippen molar-refractivity contribution in [2.75, 3.05) is 19.8 Å². The Morgan fingerprint density at radius 3 is 2.50 bits per heavy atom. The van der Waals surface area contributed by atoms with E-state index >= 15 is 0 Å². The maximum Gasteiger partial charge on any atom is 0.226 e. The van der Waals surface area contributed by atoms with Crippen LogP contribution in [-0.2, 0) is 17.6 Å². The Morgan fingerprint density at radius 1 is 1.03 bits per heavy atom. The number of hydrogen-bond donors (Lipinski definition) is 1. The first-order valence-electron chi connectivity index (χ1n) is 10.3. The number of hydrogen-bond acceptors (Lipinski definition) is 5. The van der Waals surface area contributed by atoms with Crippen molar-refractivity contribution in [3.05, 3.63) is 65.5 Å². The van der Waals surface area contributed by atoms with Crippen LogP contribution in [0, 0.1) is 6.92 Å². The molecule has 0 aliphatic rings. The maximum atomic E-state index is 12.4. The molecule has 0 saturated heterocycles. The van der Waals surface area contributed by atoms with E-state index in [1.54, 1.807) is 0 Å². The molecule has 2 aromatic carbocycles. The summed E-state index contributed by atoms with van der Waals surface area (Å²) in [5.41, 5.74) is 2.63. The lowest BCUT2D eigenvalue weighted by molar-refractivity contribution is -0.120. The summed E-state index contributed by atoms with van der Waals surface area (Å²) in [6, 6.07) is 15.5. The van der Waals surface area contributed by atoms with Crippen LogP contribution in [-0.4, -0.2) is 30.6 Å². The average Bonchev–Trinajstić information content (AvgIpc) is 3.11. The summed E-state index contributed by atoms with van der Waals surface area (Å²) in [5, 5.41) is 2.95. The summed E-state index contributed by atoms with van der Waals surface area (Å²) in [5.74, 6) is 2.59. The van der Waals surface area contributed by atoms with Gasteiger partial charge in [0, 0.05) is 12.1 Å². The number of carbonyl (C=O) groups excluding carboxylic acids is 1. The molecule has 0 atom stereocenters. The number of nitrogens with zero attached hydrogens (tertiary/aromatic N) is 1. The van der Waals surface area contributed by atoms with Crippen LogP contribution in [0.25, 0.3) is 11.5 Å². The van der Waals surface area contributed by atoms with Crippen molar-refractivity contribution in [1.82, 2.24) is 10.3 Å². The van der Waals surface area contributed by atoms with Gasteiger partial charge in [-0.15, -0.1) is 0 Å². The molecule has 1 amide bonds. The molecular formula is C24H28N2O4. The van der Waals surface area contributed by atoms with Gasteiger partial charge in [0.25, 0.3) is 0 Å². The summed E-state index contributed by atoms with van der Waals surface area (Å²) in [6.45, 7) is 7.40. The number of oxazole rings is 1. The van der Waals surface area contributed by atoms with Gasteiger partial charge in [-0.25, -0.2) is 4.98 Å². The molecule has 3 aromatic rings. The van der Waals surface area contributed by atoms with E-state index in [9.17, 15) is 4.79 Å². The highest BCUT2D eigenvalue weighted by molar-refractivity contribution is 5.78. The van der Waals surface area contributed by atoms with Crippen molar-refractivity contribution in [1.29, 1.82) is 0 Å². The molecule has 1 heterocycles. The van der Waals surface area contributed by atoms with Crippen LogP contribution in [0.15, 0.2) is 52.9 Å². The van der Waals surface area contributed by atoms with Gasteiger partial charge in [-0.05, 0) is 57.0 Å². The molecule has 3 rings (SSSR count). The normalized spacial score (nSPS) is 10.6. The number of ether oxygens (including phenoxy) is 2. The first-order valence-corrected chi connectivity index (χ1v) is 10.3. The van der Waals surface area contributed by atoms with Gasteiger partial charge in [0.05, 0.1) is 25.3 Å². The number of carbonyl (C=O) groups is 1. The van der Waals surface area contributed by atoms with Crippen LogP contribution in [0.2, 0.25) is 0 Å². The molecule has 6 heteroatoms. The summed E-state index contributed by atoms with van der Waals surface area (Å²) < 4.78 is 17.0. The van der Waals surface area contributed by atoms with E-state index in [1.165, 1.54) is 0 Å². The Labute approximate surface area is 177 Å². The highest BCUT2D eigenvalue weighted by Crippen LogP contribution is 2.28. The topological polar surface area (TPSA) is 73.6 Å². The Morgan fingerprint density at radius 2 is 1.77 bits per heavy atom. The van der Waals surface area contributed by atoms with Gasteiger partial charge in [0.2, 0.25) is 11.8 Å². The van der Waals surface area contributed by atoms with Crippen LogP contribution < -0.4 is 14.8 Å². The SMILES string of the molecule is CCOc1ccc(CCNC(=O)Cc2nc(-c3ccccc3)oc2C)cc1OCC. The molecule has 0 spiro atoms. The van der Waals surface area contributed by atoms with Crippen LogP contribution >= 0.6 is 0 Å². The van der Waals surface area contributed by atoms with E-state index in [1.807, 2.05) is 69.3 Å². The highest BCUT2D eigenvalue weighted by atomic mass is 16.5. The third-order valence-electron chi connectivity index (χ3n) is 4.59.